The normalized spacial score (nSPS) is 17.3. The molecule has 1 unspecified atom stereocenters. The molecule has 0 radical (unpaired) electrons. The molecule has 2 N–H and O–H groups in total. The Bertz CT molecular complexity index is 1180. The number of ether oxygens (including phenoxy) is 2. The highest BCUT2D eigenvalue weighted by atomic mass is 19.4. The molecule has 34 heavy (non-hydrogen) atoms. The minimum absolute atomic E-state index is 0.0508. The number of benzene rings is 3. The second kappa shape index (κ2) is 9.87. The average Bonchev–Trinajstić information content (AvgIpc) is 3.13. The first-order valence-corrected chi connectivity index (χ1v) is 10.8. The third-order valence-electron chi connectivity index (χ3n) is 5.84. The topological polar surface area (TPSA) is 67.8 Å². The summed E-state index contributed by atoms with van der Waals surface area (Å²) in [6, 6.07) is 17.2. The molecule has 1 aliphatic rings. The lowest BCUT2D eigenvalue weighted by molar-refractivity contribution is -0.140. The van der Waals surface area contributed by atoms with Crippen LogP contribution in [-0.4, -0.2) is 24.2 Å². The summed E-state index contributed by atoms with van der Waals surface area (Å²) in [6.45, 7) is 0.0663. The van der Waals surface area contributed by atoms with Gasteiger partial charge in [-0.1, -0.05) is 36.4 Å². The van der Waals surface area contributed by atoms with Gasteiger partial charge in [-0.3, -0.25) is 4.79 Å². The molecule has 0 heterocycles. The fourth-order valence-corrected chi connectivity index (χ4v) is 4.08. The van der Waals surface area contributed by atoms with Crippen molar-refractivity contribution in [1.29, 1.82) is 0 Å². The molecule has 1 aliphatic carbocycles. The van der Waals surface area contributed by atoms with Gasteiger partial charge in [-0.15, -0.1) is 0 Å². The van der Waals surface area contributed by atoms with Crippen LogP contribution in [0, 0.1) is 0 Å². The maximum atomic E-state index is 13.4. The molecule has 0 saturated carbocycles. The largest absolute Gasteiger partial charge is 0.469 e. The highest BCUT2D eigenvalue weighted by Gasteiger charge is 2.33. The van der Waals surface area contributed by atoms with Crippen molar-refractivity contribution >= 4 is 5.97 Å². The zero-order valence-corrected chi connectivity index (χ0v) is 18.4. The Balaban J connectivity index is 1.55. The summed E-state index contributed by atoms with van der Waals surface area (Å²) in [4.78, 5) is 11.6. The van der Waals surface area contributed by atoms with E-state index in [9.17, 15) is 23.1 Å². The molecule has 178 valence electrons. The molecule has 0 aromatic heterocycles. The molecular weight excluding hydrogens is 447 g/mol. The maximum absolute atomic E-state index is 13.4. The molecule has 3 aromatic rings. The summed E-state index contributed by atoms with van der Waals surface area (Å²) in [6.07, 6.45) is -4.63. The number of aliphatic hydroxyl groups excluding tert-OH is 1. The molecule has 0 bridgehead atoms. The second-order valence-corrected chi connectivity index (χ2v) is 8.16. The summed E-state index contributed by atoms with van der Waals surface area (Å²) in [5.74, 6) is 0.226. The molecule has 5 nitrogen and oxygen atoms in total. The number of carbonyl (C=O) groups is 1. The summed E-state index contributed by atoms with van der Waals surface area (Å²) in [7, 11) is 1.30. The molecule has 2 atom stereocenters. The molecule has 0 fully saturated rings. The first-order chi connectivity index (χ1) is 16.2. The summed E-state index contributed by atoms with van der Waals surface area (Å²) < 4.78 is 50.7. The zero-order chi connectivity index (χ0) is 24.3. The van der Waals surface area contributed by atoms with Gasteiger partial charge >= 0.3 is 12.1 Å². The Morgan fingerprint density at radius 2 is 1.88 bits per heavy atom. The zero-order valence-electron chi connectivity index (χ0n) is 18.4. The number of methoxy groups -OCH3 is 1. The SMILES string of the molecule is COC(=O)Cc1cccc(Oc2ccc(C(F)(F)F)cc2CNC2Cc3ccccc3[C@H]2O)c1. The number of hydrogen-bond acceptors (Lipinski definition) is 5. The number of halogens is 3. The van der Waals surface area contributed by atoms with E-state index >= 15 is 0 Å². The predicted molar refractivity (Wildman–Crippen MR) is 119 cm³/mol. The first kappa shape index (κ1) is 23.8. The van der Waals surface area contributed by atoms with Gasteiger partial charge in [0, 0.05) is 18.2 Å². The molecule has 0 saturated heterocycles. The van der Waals surface area contributed by atoms with Gasteiger partial charge in [0.25, 0.3) is 0 Å². The highest BCUT2D eigenvalue weighted by molar-refractivity contribution is 5.72. The van der Waals surface area contributed by atoms with Crippen molar-refractivity contribution < 1.29 is 32.5 Å². The third-order valence-corrected chi connectivity index (χ3v) is 5.84. The van der Waals surface area contributed by atoms with E-state index in [2.05, 4.69) is 10.1 Å². The van der Waals surface area contributed by atoms with Crippen molar-refractivity contribution in [2.24, 2.45) is 0 Å². The molecule has 8 heteroatoms. The number of hydrogen-bond donors (Lipinski definition) is 2. The van der Waals surface area contributed by atoms with Crippen LogP contribution >= 0.6 is 0 Å². The van der Waals surface area contributed by atoms with E-state index in [1.807, 2.05) is 24.3 Å². The number of carbonyl (C=O) groups excluding carboxylic acids is 1. The quantitative estimate of drug-likeness (QED) is 0.477. The minimum atomic E-state index is -4.50. The van der Waals surface area contributed by atoms with Crippen LogP contribution < -0.4 is 10.1 Å². The third kappa shape index (κ3) is 5.40. The van der Waals surface area contributed by atoms with Crippen molar-refractivity contribution in [2.45, 2.75) is 37.7 Å². The fraction of sp³-hybridized carbons (Fsp3) is 0.269. The fourth-order valence-electron chi connectivity index (χ4n) is 4.08. The number of alkyl halides is 3. The number of fused-ring (bicyclic) bond motifs is 1. The maximum Gasteiger partial charge on any atom is 0.416 e. The Hall–Kier alpha value is -3.36. The van der Waals surface area contributed by atoms with Gasteiger partial charge in [0.2, 0.25) is 0 Å². The number of rotatable bonds is 7. The van der Waals surface area contributed by atoms with Gasteiger partial charge in [0.15, 0.2) is 0 Å². The summed E-state index contributed by atoms with van der Waals surface area (Å²) in [5.41, 5.74) is 2.00. The van der Waals surface area contributed by atoms with E-state index in [0.717, 1.165) is 23.3 Å². The van der Waals surface area contributed by atoms with Crippen LogP contribution in [0.3, 0.4) is 0 Å². The minimum Gasteiger partial charge on any atom is -0.469 e. The Kier molecular flexibility index (Phi) is 6.90. The van der Waals surface area contributed by atoms with E-state index < -0.39 is 23.8 Å². The lowest BCUT2D eigenvalue weighted by Gasteiger charge is -2.20. The number of nitrogens with one attached hydrogen (secondary N) is 1. The Morgan fingerprint density at radius 1 is 1.09 bits per heavy atom. The molecule has 0 aliphatic heterocycles. The Morgan fingerprint density at radius 3 is 2.62 bits per heavy atom. The van der Waals surface area contributed by atoms with Crippen LogP contribution in [0.4, 0.5) is 13.2 Å². The van der Waals surface area contributed by atoms with E-state index in [-0.39, 0.29) is 24.8 Å². The monoisotopic (exact) mass is 471 g/mol. The van der Waals surface area contributed by atoms with E-state index in [4.69, 9.17) is 4.74 Å². The highest BCUT2D eigenvalue weighted by Crippen LogP contribution is 2.35. The van der Waals surface area contributed by atoms with E-state index in [1.54, 1.807) is 24.3 Å². The van der Waals surface area contributed by atoms with Crippen molar-refractivity contribution in [3.63, 3.8) is 0 Å². The van der Waals surface area contributed by atoms with Crippen LogP contribution in [0.25, 0.3) is 0 Å². The van der Waals surface area contributed by atoms with Crippen LogP contribution in [-0.2, 0) is 35.1 Å². The lowest BCUT2D eigenvalue weighted by Crippen LogP contribution is -2.32. The predicted octanol–water partition coefficient (Wildman–Crippen LogP) is 4.96. The van der Waals surface area contributed by atoms with Crippen molar-refractivity contribution in [3.8, 4) is 11.5 Å². The lowest BCUT2D eigenvalue weighted by atomic mass is 10.1. The molecule has 0 spiro atoms. The number of aliphatic hydroxyl groups is 1. The van der Waals surface area contributed by atoms with Crippen LogP contribution in [0.1, 0.15) is 33.9 Å². The molecular formula is C26H24F3NO4. The van der Waals surface area contributed by atoms with Gasteiger partial charge in [0.05, 0.1) is 25.2 Å². The molecule has 4 rings (SSSR count). The smallest absolute Gasteiger partial charge is 0.416 e. The van der Waals surface area contributed by atoms with Gasteiger partial charge in [0.1, 0.15) is 11.5 Å². The van der Waals surface area contributed by atoms with E-state index in [1.165, 1.54) is 13.2 Å². The van der Waals surface area contributed by atoms with Crippen molar-refractivity contribution in [2.75, 3.05) is 7.11 Å². The Labute approximate surface area is 195 Å². The van der Waals surface area contributed by atoms with Crippen molar-refractivity contribution in [3.05, 3.63) is 94.5 Å². The van der Waals surface area contributed by atoms with Crippen LogP contribution in [0.2, 0.25) is 0 Å². The van der Waals surface area contributed by atoms with Crippen LogP contribution in [0.15, 0.2) is 66.7 Å². The average molecular weight is 471 g/mol. The summed E-state index contributed by atoms with van der Waals surface area (Å²) >= 11 is 0. The molecule has 3 aromatic carbocycles. The first-order valence-electron chi connectivity index (χ1n) is 10.8. The second-order valence-electron chi connectivity index (χ2n) is 8.16. The van der Waals surface area contributed by atoms with Gasteiger partial charge in [-0.2, -0.15) is 13.2 Å². The molecule has 0 amide bonds. The van der Waals surface area contributed by atoms with Gasteiger partial charge < -0.3 is 19.9 Å². The van der Waals surface area contributed by atoms with Gasteiger partial charge in [-0.05, 0) is 53.4 Å². The standard InChI is InChI=1S/C26H24F3NO4/c1-33-24(31)12-16-5-4-7-20(11-16)34-23-10-9-19(26(27,28)29)13-18(23)15-30-22-14-17-6-2-3-8-21(17)25(22)32/h2-11,13,22,25,30,32H,12,14-15H2,1H3/t22?,25-/m1/s1. The van der Waals surface area contributed by atoms with Crippen LogP contribution in [0.5, 0.6) is 11.5 Å². The number of esters is 1. The van der Waals surface area contributed by atoms with Gasteiger partial charge in [-0.25, -0.2) is 0 Å². The van der Waals surface area contributed by atoms with E-state index in [0.29, 0.717) is 23.3 Å². The summed E-state index contributed by atoms with van der Waals surface area (Å²) in [5, 5.41) is 13.8. The van der Waals surface area contributed by atoms with Crippen molar-refractivity contribution in [1.82, 2.24) is 5.32 Å².